The maximum Gasteiger partial charge on any atom is 0.264 e. The van der Waals surface area contributed by atoms with Gasteiger partial charge in [-0.05, 0) is 144 Å². The fraction of sp³-hybridized carbons (Fsp3) is 0.628. The molecule has 3 fully saturated rings. The zero-order valence-corrected chi connectivity index (χ0v) is 33.8. The summed E-state index contributed by atoms with van der Waals surface area (Å²) < 4.78 is 41.3. The number of carbonyl (C=O) groups is 2. The van der Waals surface area contributed by atoms with E-state index in [1.54, 1.807) is 32.2 Å². The molecule has 2 bridgehead atoms. The summed E-state index contributed by atoms with van der Waals surface area (Å²) in [4.78, 5) is 31.1. The number of rotatable bonds is 3. The molecule has 3 aliphatic heterocycles. The summed E-state index contributed by atoms with van der Waals surface area (Å²) in [7, 11) is -2.41. The molecule has 1 saturated heterocycles. The van der Waals surface area contributed by atoms with E-state index in [1.165, 1.54) is 62.7 Å². The number of amides is 1. The molecule has 11 heteroatoms. The number of nitrogens with zero attached hydrogens (tertiary/aromatic N) is 2. The maximum absolute atomic E-state index is 13.4. The third kappa shape index (κ3) is 7.87. The third-order valence-electron chi connectivity index (χ3n) is 13.7. The number of carbonyl (C=O) groups excluding carboxylic acids is 2. The number of aryl methyl sites for hydroxylation is 1. The topological polar surface area (TPSA) is 105 Å². The van der Waals surface area contributed by atoms with Gasteiger partial charge in [-0.1, -0.05) is 43.5 Å². The van der Waals surface area contributed by atoms with Crippen molar-refractivity contribution < 1.29 is 27.5 Å². The highest BCUT2D eigenvalue weighted by atomic mass is 35.5. The number of methoxy groups -OCH3 is 1. The molecule has 294 valence electrons. The Hall–Kier alpha value is -2.92. The Balaban J connectivity index is 0.000000386. The molecule has 1 spiro atoms. The van der Waals surface area contributed by atoms with Crippen molar-refractivity contribution >= 4 is 39.5 Å². The lowest BCUT2D eigenvalue weighted by molar-refractivity contribution is -0.135. The van der Waals surface area contributed by atoms with Gasteiger partial charge in [0.1, 0.15) is 11.4 Å². The van der Waals surface area contributed by atoms with Crippen LogP contribution in [0.25, 0.3) is 0 Å². The third-order valence-corrected chi connectivity index (χ3v) is 15.8. The monoisotopic (exact) mass is 779 g/mol. The normalized spacial score (nSPS) is 33.2. The fourth-order valence-corrected chi connectivity index (χ4v) is 11.2. The van der Waals surface area contributed by atoms with Crippen LogP contribution < -0.4 is 14.4 Å². The first-order valence-electron chi connectivity index (χ1n) is 20.3. The van der Waals surface area contributed by atoms with Gasteiger partial charge in [0, 0.05) is 48.2 Å². The zero-order chi connectivity index (χ0) is 38.1. The molecule has 8 rings (SSSR count). The van der Waals surface area contributed by atoms with Crippen molar-refractivity contribution in [1.29, 1.82) is 0 Å². The van der Waals surface area contributed by atoms with Gasteiger partial charge in [0.05, 0.1) is 17.5 Å². The van der Waals surface area contributed by atoms with Gasteiger partial charge in [-0.2, -0.15) is 0 Å². The SMILES string of the molecule is C1CCN(C2CCC2)CC1.CO[C@]1(C=O)/C=C/C[C@H](C)[C@@H](C)S(=O)(=O)NC(=O)c2ccc3c(c2)N(C[C@@H]2CC[C@H]21)C[C@@]1(CCCc2cc(Cl)ccc21)CO3. The van der Waals surface area contributed by atoms with E-state index in [0.29, 0.717) is 36.9 Å². The van der Waals surface area contributed by atoms with Crippen molar-refractivity contribution in [2.45, 2.75) is 113 Å². The van der Waals surface area contributed by atoms with Crippen LogP contribution in [0, 0.1) is 17.8 Å². The average molecular weight is 780 g/mol. The Morgan fingerprint density at radius 2 is 1.80 bits per heavy atom. The summed E-state index contributed by atoms with van der Waals surface area (Å²) in [5.41, 5.74) is 2.05. The maximum atomic E-state index is 13.4. The van der Waals surface area contributed by atoms with Crippen LogP contribution in [0.2, 0.25) is 5.02 Å². The van der Waals surface area contributed by atoms with E-state index in [2.05, 4.69) is 26.7 Å². The Morgan fingerprint density at radius 1 is 1.00 bits per heavy atom. The number of hydrogen-bond acceptors (Lipinski definition) is 8. The van der Waals surface area contributed by atoms with Gasteiger partial charge in [0.25, 0.3) is 5.91 Å². The molecule has 0 aromatic heterocycles. The number of ether oxygens (including phenoxy) is 2. The van der Waals surface area contributed by atoms with E-state index in [0.717, 1.165) is 50.1 Å². The number of piperidine rings is 1. The Kier molecular flexibility index (Phi) is 11.9. The molecule has 1 amide bonds. The van der Waals surface area contributed by atoms with Gasteiger partial charge in [-0.3, -0.25) is 9.59 Å². The standard InChI is InChI=1S/C34H41ClN2O6S.C9H17N/c1-22-6-4-15-34(20-38,42-3)29-11-8-26(29)18-37-19-33(14-5-7-24-16-27(35)10-12-28(24)33)21-43-31-13-9-25(17-30(31)37)32(39)36-44(40,41)23(22)2;1-2-7-10(8-3-1)9-5-4-6-9/h4,9-10,12-13,15-17,20,22-23,26,29H,5-8,11,14,18-19,21H2,1-3H3,(H,36,39);9H,1-8H2/b15-4+;/t22-,23+,26-,29+,33-,34-;/m0./s1. The van der Waals surface area contributed by atoms with Gasteiger partial charge in [0.2, 0.25) is 10.0 Å². The first-order chi connectivity index (χ1) is 26.0. The molecule has 9 nitrogen and oxygen atoms in total. The summed E-state index contributed by atoms with van der Waals surface area (Å²) >= 11 is 6.40. The minimum Gasteiger partial charge on any atom is -0.490 e. The Morgan fingerprint density at radius 3 is 2.48 bits per heavy atom. The van der Waals surface area contributed by atoms with Gasteiger partial charge in [-0.25, -0.2) is 13.1 Å². The minimum absolute atomic E-state index is 0.0434. The van der Waals surface area contributed by atoms with Gasteiger partial charge in [0.15, 0.2) is 6.29 Å². The molecule has 2 saturated carbocycles. The van der Waals surface area contributed by atoms with E-state index < -0.39 is 26.8 Å². The first-order valence-corrected chi connectivity index (χ1v) is 22.2. The smallest absolute Gasteiger partial charge is 0.264 e. The molecule has 3 aliphatic carbocycles. The number of nitrogens with one attached hydrogen (secondary N) is 1. The number of fused-ring (bicyclic) bond motifs is 4. The molecule has 2 aromatic rings. The largest absolute Gasteiger partial charge is 0.490 e. The van der Waals surface area contributed by atoms with Crippen molar-refractivity contribution in [2.24, 2.45) is 17.8 Å². The summed E-state index contributed by atoms with van der Waals surface area (Å²) in [6.45, 7) is 7.96. The summed E-state index contributed by atoms with van der Waals surface area (Å²) in [5.74, 6) is -0.203. The van der Waals surface area contributed by atoms with E-state index in [1.807, 2.05) is 25.1 Å². The number of hydrogen-bond donors (Lipinski definition) is 1. The molecule has 6 atom stereocenters. The summed E-state index contributed by atoms with van der Waals surface area (Å²) in [5, 5.41) is -0.123. The number of benzene rings is 2. The number of allylic oxidation sites excluding steroid dienone is 1. The highest BCUT2D eigenvalue weighted by molar-refractivity contribution is 7.90. The second-order valence-electron chi connectivity index (χ2n) is 16.9. The number of halogens is 1. The predicted molar refractivity (Wildman–Crippen MR) is 214 cm³/mol. The second kappa shape index (κ2) is 16.3. The van der Waals surface area contributed by atoms with Crippen LogP contribution in [0.1, 0.15) is 106 Å². The highest BCUT2D eigenvalue weighted by Gasteiger charge is 2.49. The lowest BCUT2D eigenvalue weighted by Crippen LogP contribution is -2.53. The van der Waals surface area contributed by atoms with Gasteiger partial charge in [-0.15, -0.1) is 0 Å². The van der Waals surface area contributed by atoms with E-state index in [4.69, 9.17) is 21.1 Å². The average Bonchev–Trinajstić information content (AvgIpc) is 3.28. The summed E-state index contributed by atoms with van der Waals surface area (Å²) in [6.07, 6.45) is 18.5. The number of anilines is 1. The lowest BCUT2D eigenvalue weighted by Gasteiger charge is -2.48. The van der Waals surface area contributed by atoms with E-state index >= 15 is 0 Å². The van der Waals surface area contributed by atoms with Crippen LogP contribution in [-0.4, -0.2) is 82.3 Å². The van der Waals surface area contributed by atoms with Crippen LogP contribution >= 0.6 is 11.6 Å². The van der Waals surface area contributed by atoms with E-state index in [9.17, 15) is 18.0 Å². The van der Waals surface area contributed by atoms with Crippen molar-refractivity contribution in [2.75, 3.05) is 44.8 Å². The first kappa shape index (κ1) is 39.3. The molecular formula is C43H58ClN3O6S. The quantitative estimate of drug-likeness (QED) is 0.253. The van der Waals surface area contributed by atoms with Crippen LogP contribution in [0.4, 0.5) is 5.69 Å². The van der Waals surface area contributed by atoms with Gasteiger partial charge >= 0.3 is 0 Å². The summed E-state index contributed by atoms with van der Waals surface area (Å²) in [6, 6.07) is 12.3. The number of aldehydes is 1. The molecule has 6 aliphatic rings. The van der Waals surface area contributed by atoms with Crippen molar-refractivity contribution in [3.63, 3.8) is 0 Å². The number of likely N-dealkylation sites (tertiary alicyclic amines) is 1. The number of sulfonamides is 1. The molecule has 2 aromatic carbocycles. The predicted octanol–water partition coefficient (Wildman–Crippen LogP) is 7.49. The minimum atomic E-state index is -3.97. The molecule has 0 unspecified atom stereocenters. The fourth-order valence-electron chi connectivity index (χ4n) is 9.72. The molecular weight excluding hydrogens is 722 g/mol. The van der Waals surface area contributed by atoms with Crippen molar-refractivity contribution in [3.8, 4) is 5.75 Å². The lowest BCUT2D eigenvalue weighted by atomic mass is 9.64. The van der Waals surface area contributed by atoms with Crippen LogP contribution in [0.3, 0.4) is 0 Å². The van der Waals surface area contributed by atoms with Crippen molar-refractivity contribution in [3.05, 3.63) is 70.3 Å². The van der Waals surface area contributed by atoms with Crippen LogP contribution in [0.5, 0.6) is 5.75 Å². The van der Waals surface area contributed by atoms with Gasteiger partial charge < -0.3 is 19.3 Å². The van der Waals surface area contributed by atoms with Crippen LogP contribution in [-0.2, 0) is 31.4 Å². The Labute approximate surface area is 327 Å². The second-order valence-corrected chi connectivity index (χ2v) is 19.4. The van der Waals surface area contributed by atoms with Crippen molar-refractivity contribution in [1.82, 2.24) is 9.62 Å². The molecule has 3 heterocycles. The molecule has 1 N–H and O–H groups in total. The van der Waals surface area contributed by atoms with E-state index in [-0.39, 0.29) is 28.7 Å². The van der Waals surface area contributed by atoms with Crippen LogP contribution in [0.15, 0.2) is 48.6 Å². The Bertz CT molecular complexity index is 1830. The molecule has 54 heavy (non-hydrogen) atoms. The highest BCUT2D eigenvalue weighted by Crippen LogP contribution is 2.48. The zero-order valence-electron chi connectivity index (χ0n) is 32.2. The molecule has 0 radical (unpaired) electrons.